The van der Waals surface area contributed by atoms with E-state index in [1.165, 1.54) is 19.3 Å². The Kier molecular flexibility index (Phi) is 4.56. The number of likely N-dealkylation sites (N-methyl/N-ethyl adjacent to an activating group) is 1. The highest BCUT2D eigenvalue weighted by Gasteiger charge is 2.27. The average Bonchev–Trinajstić information content (AvgIpc) is 2.29. The molecule has 0 saturated carbocycles. The molecule has 1 heterocycles. The molecule has 3 nitrogen and oxygen atoms in total. The van der Waals surface area contributed by atoms with Crippen molar-refractivity contribution in [2.45, 2.75) is 38.6 Å². The smallest absolute Gasteiger partial charge is 0.116 e. The molecule has 15 heavy (non-hydrogen) atoms. The molecule has 0 amide bonds. The summed E-state index contributed by atoms with van der Waals surface area (Å²) in [6, 6.07) is 2.36. The van der Waals surface area contributed by atoms with Crippen LogP contribution in [0.1, 0.15) is 33.1 Å². The summed E-state index contributed by atoms with van der Waals surface area (Å²) in [6.07, 6.45) is 3.90. The lowest BCUT2D eigenvalue weighted by atomic mass is 9.94. The van der Waals surface area contributed by atoms with E-state index >= 15 is 0 Å². The largest absolute Gasteiger partial charge is 0.302 e. The van der Waals surface area contributed by atoms with Crippen LogP contribution in [-0.4, -0.2) is 37.1 Å². The first-order valence-corrected chi connectivity index (χ1v) is 5.96. The summed E-state index contributed by atoms with van der Waals surface area (Å²) < 4.78 is 0. The lowest BCUT2D eigenvalue weighted by Crippen LogP contribution is -2.51. The van der Waals surface area contributed by atoms with Crippen molar-refractivity contribution >= 4 is 0 Å². The summed E-state index contributed by atoms with van der Waals surface area (Å²) in [5, 5.41) is 12.2. The van der Waals surface area contributed by atoms with Crippen LogP contribution < -0.4 is 5.32 Å². The van der Waals surface area contributed by atoms with Crippen molar-refractivity contribution in [1.29, 1.82) is 5.26 Å². The standard InChI is InChI=1S/C12H23N3/c1-4-11-6-5-7-15(8-11)10-12(2,9-13)14-3/h11,14H,4-8,10H2,1-3H3. The van der Waals surface area contributed by atoms with E-state index in [1.54, 1.807) is 0 Å². The van der Waals surface area contributed by atoms with Gasteiger partial charge in [0.25, 0.3) is 0 Å². The number of hydrogen-bond donors (Lipinski definition) is 1. The zero-order chi connectivity index (χ0) is 11.3. The average molecular weight is 209 g/mol. The molecule has 1 N–H and O–H groups in total. The molecule has 1 saturated heterocycles. The fourth-order valence-corrected chi connectivity index (χ4v) is 2.25. The van der Waals surface area contributed by atoms with Crippen molar-refractivity contribution < 1.29 is 0 Å². The second-order valence-electron chi connectivity index (χ2n) is 4.85. The Morgan fingerprint density at radius 2 is 2.33 bits per heavy atom. The molecule has 0 spiro atoms. The van der Waals surface area contributed by atoms with Crippen molar-refractivity contribution in [3.05, 3.63) is 0 Å². The molecule has 1 fully saturated rings. The first-order valence-electron chi connectivity index (χ1n) is 5.96. The van der Waals surface area contributed by atoms with Crippen LogP contribution in [0.25, 0.3) is 0 Å². The minimum absolute atomic E-state index is 0.393. The van der Waals surface area contributed by atoms with Gasteiger partial charge in [-0.3, -0.25) is 0 Å². The van der Waals surface area contributed by atoms with Gasteiger partial charge in [0.1, 0.15) is 5.54 Å². The molecule has 1 rings (SSSR count). The Morgan fingerprint density at radius 3 is 2.87 bits per heavy atom. The number of nitrogens with zero attached hydrogens (tertiary/aromatic N) is 2. The van der Waals surface area contributed by atoms with Crippen molar-refractivity contribution in [2.24, 2.45) is 5.92 Å². The topological polar surface area (TPSA) is 39.1 Å². The summed E-state index contributed by atoms with van der Waals surface area (Å²) in [5.41, 5.74) is -0.393. The molecule has 0 bridgehead atoms. The van der Waals surface area contributed by atoms with E-state index in [1.807, 2.05) is 14.0 Å². The first-order chi connectivity index (χ1) is 7.13. The molecule has 1 aliphatic heterocycles. The lowest BCUT2D eigenvalue weighted by molar-refractivity contribution is 0.147. The van der Waals surface area contributed by atoms with Crippen molar-refractivity contribution in [3.63, 3.8) is 0 Å². The molecule has 0 aromatic carbocycles. The van der Waals surface area contributed by atoms with Gasteiger partial charge in [-0.1, -0.05) is 13.3 Å². The molecule has 1 aliphatic rings. The fraction of sp³-hybridized carbons (Fsp3) is 0.917. The van der Waals surface area contributed by atoms with Crippen LogP contribution >= 0.6 is 0 Å². The highest BCUT2D eigenvalue weighted by atomic mass is 15.2. The van der Waals surface area contributed by atoms with Crippen molar-refractivity contribution in [2.75, 3.05) is 26.7 Å². The van der Waals surface area contributed by atoms with Gasteiger partial charge in [-0.2, -0.15) is 5.26 Å². The van der Waals surface area contributed by atoms with Gasteiger partial charge in [0.2, 0.25) is 0 Å². The zero-order valence-electron chi connectivity index (χ0n) is 10.2. The second-order valence-corrected chi connectivity index (χ2v) is 4.85. The molecule has 0 radical (unpaired) electrons. The van der Waals surface area contributed by atoms with E-state index in [0.717, 1.165) is 25.6 Å². The molecule has 2 atom stereocenters. The monoisotopic (exact) mass is 209 g/mol. The van der Waals surface area contributed by atoms with Crippen LogP contribution in [0.4, 0.5) is 0 Å². The Morgan fingerprint density at radius 1 is 1.60 bits per heavy atom. The van der Waals surface area contributed by atoms with E-state index in [2.05, 4.69) is 23.2 Å². The maximum atomic E-state index is 9.10. The molecule has 2 unspecified atom stereocenters. The number of piperidine rings is 1. The molecule has 86 valence electrons. The van der Waals surface area contributed by atoms with Gasteiger partial charge in [-0.05, 0) is 39.3 Å². The van der Waals surface area contributed by atoms with Gasteiger partial charge >= 0.3 is 0 Å². The van der Waals surface area contributed by atoms with Crippen LogP contribution in [0.15, 0.2) is 0 Å². The number of nitriles is 1. The highest BCUT2D eigenvalue weighted by molar-refractivity contribution is 5.05. The second kappa shape index (κ2) is 5.48. The van der Waals surface area contributed by atoms with Gasteiger partial charge < -0.3 is 10.2 Å². The van der Waals surface area contributed by atoms with E-state index in [4.69, 9.17) is 5.26 Å². The summed E-state index contributed by atoms with van der Waals surface area (Å²) >= 11 is 0. The quantitative estimate of drug-likeness (QED) is 0.764. The zero-order valence-corrected chi connectivity index (χ0v) is 10.2. The minimum Gasteiger partial charge on any atom is -0.302 e. The van der Waals surface area contributed by atoms with Gasteiger partial charge in [0.15, 0.2) is 0 Å². The Balaban J connectivity index is 2.47. The number of likely N-dealkylation sites (tertiary alicyclic amines) is 1. The Bertz CT molecular complexity index is 234. The summed E-state index contributed by atoms with van der Waals surface area (Å²) in [6.45, 7) is 7.39. The summed E-state index contributed by atoms with van der Waals surface area (Å²) in [7, 11) is 1.87. The van der Waals surface area contributed by atoms with Gasteiger partial charge in [0.05, 0.1) is 6.07 Å². The maximum absolute atomic E-state index is 9.10. The summed E-state index contributed by atoms with van der Waals surface area (Å²) in [5.74, 6) is 0.832. The molecule has 0 aromatic heterocycles. The first kappa shape index (κ1) is 12.5. The Hall–Kier alpha value is -0.590. The molecular formula is C12H23N3. The fourth-order valence-electron chi connectivity index (χ4n) is 2.25. The van der Waals surface area contributed by atoms with Gasteiger partial charge in [-0.15, -0.1) is 0 Å². The number of hydrogen-bond acceptors (Lipinski definition) is 3. The number of nitrogens with one attached hydrogen (secondary N) is 1. The highest BCUT2D eigenvalue weighted by Crippen LogP contribution is 2.20. The maximum Gasteiger partial charge on any atom is 0.116 e. The van der Waals surface area contributed by atoms with E-state index in [9.17, 15) is 0 Å². The summed E-state index contributed by atoms with van der Waals surface area (Å²) in [4.78, 5) is 2.43. The lowest BCUT2D eigenvalue weighted by Gasteiger charge is -2.36. The van der Waals surface area contributed by atoms with Crippen LogP contribution in [-0.2, 0) is 0 Å². The van der Waals surface area contributed by atoms with E-state index in [0.29, 0.717) is 0 Å². The van der Waals surface area contributed by atoms with Crippen molar-refractivity contribution in [3.8, 4) is 6.07 Å². The van der Waals surface area contributed by atoms with E-state index in [-0.39, 0.29) is 0 Å². The molecular weight excluding hydrogens is 186 g/mol. The predicted octanol–water partition coefficient (Wildman–Crippen LogP) is 1.61. The van der Waals surface area contributed by atoms with Gasteiger partial charge in [-0.25, -0.2) is 0 Å². The predicted molar refractivity (Wildman–Crippen MR) is 62.5 cm³/mol. The SMILES string of the molecule is CCC1CCCN(CC(C)(C#N)NC)C1. The Labute approximate surface area is 93.5 Å². The van der Waals surface area contributed by atoms with E-state index < -0.39 is 5.54 Å². The molecule has 0 aromatic rings. The van der Waals surface area contributed by atoms with Crippen molar-refractivity contribution in [1.82, 2.24) is 10.2 Å². The third kappa shape index (κ3) is 3.48. The van der Waals surface area contributed by atoms with Crippen LogP contribution in [0.3, 0.4) is 0 Å². The number of rotatable bonds is 4. The normalized spacial score (nSPS) is 26.9. The van der Waals surface area contributed by atoms with Gasteiger partial charge in [0, 0.05) is 13.1 Å². The molecule has 0 aliphatic carbocycles. The minimum atomic E-state index is -0.393. The third-order valence-electron chi connectivity index (χ3n) is 3.52. The van der Waals surface area contributed by atoms with Crippen LogP contribution in [0.5, 0.6) is 0 Å². The third-order valence-corrected chi connectivity index (χ3v) is 3.52. The van der Waals surface area contributed by atoms with Crippen LogP contribution in [0.2, 0.25) is 0 Å². The van der Waals surface area contributed by atoms with Crippen LogP contribution in [0, 0.1) is 17.2 Å². The molecule has 3 heteroatoms.